The minimum Gasteiger partial charge on any atom is -0.481 e. The summed E-state index contributed by atoms with van der Waals surface area (Å²) < 4.78 is 19.8. The number of fused-ring (bicyclic) bond motifs is 1. The third-order valence-electron chi connectivity index (χ3n) is 3.97. The molecule has 5 heteroatoms. The molecule has 0 unspecified atom stereocenters. The van der Waals surface area contributed by atoms with E-state index >= 15 is 0 Å². The maximum atomic E-state index is 13.7. The normalized spacial score (nSPS) is 10.9. The highest BCUT2D eigenvalue weighted by Gasteiger charge is 2.11. The quantitative estimate of drug-likeness (QED) is 0.556. The molecule has 0 saturated heterocycles. The maximum Gasteiger partial charge on any atom is 0.307 e. The van der Waals surface area contributed by atoms with E-state index in [4.69, 9.17) is 9.84 Å². The smallest absolute Gasteiger partial charge is 0.307 e. The molecule has 134 valence electrons. The van der Waals surface area contributed by atoms with Gasteiger partial charge in [-0.2, -0.15) is 0 Å². The first-order valence-corrected chi connectivity index (χ1v) is 9.30. The summed E-state index contributed by atoms with van der Waals surface area (Å²) >= 11 is 1.75. The lowest BCUT2D eigenvalue weighted by atomic mass is 10.0. The number of hydrogen-bond donors (Lipinski definition) is 1. The molecule has 1 N–H and O–H groups in total. The van der Waals surface area contributed by atoms with Gasteiger partial charge in [0.15, 0.2) is 0 Å². The van der Waals surface area contributed by atoms with Crippen molar-refractivity contribution in [3.8, 4) is 11.5 Å². The summed E-state index contributed by atoms with van der Waals surface area (Å²) in [6.07, 6.45) is -0.116. The number of carboxylic acid groups (broad SMARTS) is 1. The van der Waals surface area contributed by atoms with Gasteiger partial charge in [-0.25, -0.2) is 4.39 Å². The third kappa shape index (κ3) is 4.17. The zero-order valence-corrected chi connectivity index (χ0v) is 15.4. The third-order valence-corrected chi connectivity index (χ3v) is 4.85. The second-order valence-corrected chi connectivity index (χ2v) is 7.33. The van der Waals surface area contributed by atoms with Crippen molar-refractivity contribution < 1.29 is 19.0 Å². The van der Waals surface area contributed by atoms with Crippen molar-refractivity contribution in [2.24, 2.45) is 0 Å². The van der Waals surface area contributed by atoms with Crippen molar-refractivity contribution in [1.29, 1.82) is 0 Å². The molecule has 0 aliphatic carbocycles. The number of aryl methyl sites for hydroxylation is 1. The highest BCUT2D eigenvalue weighted by Crippen LogP contribution is 2.35. The molecule has 0 amide bonds. The van der Waals surface area contributed by atoms with Crippen LogP contribution in [0.3, 0.4) is 0 Å². The second-order valence-electron chi connectivity index (χ2n) is 5.99. The average Bonchev–Trinajstić information content (AvgIpc) is 2.57. The van der Waals surface area contributed by atoms with E-state index in [1.165, 1.54) is 12.1 Å². The second kappa shape index (κ2) is 7.79. The van der Waals surface area contributed by atoms with Crippen LogP contribution in [0.15, 0.2) is 53.4 Å². The Kier molecular flexibility index (Phi) is 5.47. The number of benzene rings is 3. The zero-order valence-electron chi connectivity index (χ0n) is 14.6. The summed E-state index contributed by atoms with van der Waals surface area (Å²) in [7, 11) is 0. The minimum absolute atomic E-state index is 0.116. The van der Waals surface area contributed by atoms with Crippen LogP contribution in [0.4, 0.5) is 4.39 Å². The number of hydrogen-bond acceptors (Lipinski definition) is 3. The van der Waals surface area contributed by atoms with Crippen LogP contribution in [-0.2, 0) is 11.2 Å². The first kappa shape index (κ1) is 18.3. The number of aliphatic carboxylic acids is 1. The molecule has 0 heterocycles. The van der Waals surface area contributed by atoms with Crippen LogP contribution in [-0.4, -0.2) is 16.8 Å². The summed E-state index contributed by atoms with van der Waals surface area (Å²) in [5.74, 6) is 0.830. The Bertz CT molecular complexity index is 969. The van der Waals surface area contributed by atoms with Crippen molar-refractivity contribution in [3.63, 3.8) is 0 Å². The summed E-state index contributed by atoms with van der Waals surface area (Å²) in [4.78, 5) is 12.2. The topological polar surface area (TPSA) is 46.5 Å². The molecular formula is C21H19FO3S. The highest BCUT2D eigenvalue weighted by molar-refractivity contribution is 7.99. The van der Waals surface area contributed by atoms with Crippen molar-refractivity contribution in [2.75, 3.05) is 5.75 Å². The van der Waals surface area contributed by atoms with Gasteiger partial charge in [0, 0.05) is 10.3 Å². The molecule has 3 aromatic rings. The number of carboxylic acids is 1. The Morgan fingerprint density at radius 2 is 1.92 bits per heavy atom. The molecule has 3 rings (SSSR count). The SMILES string of the molecule is CCSc1ccc(Oc2cc(CC(=O)O)cc3ccc(F)cc23)c(C)c1. The fraction of sp³-hybridized carbons (Fsp3) is 0.190. The molecular weight excluding hydrogens is 351 g/mol. The maximum absolute atomic E-state index is 13.7. The number of halogens is 1. The van der Waals surface area contributed by atoms with Crippen LogP contribution in [0.2, 0.25) is 0 Å². The zero-order chi connectivity index (χ0) is 18.7. The van der Waals surface area contributed by atoms with Gasteiger partial charge < -0.3 is 9.84 Å². The molecule has 3 nitrogen and oxygen atoms in total. The highest BCUT2D eigenvalue weighted by atomic mass is 32.2. The van der Waals surface area contributed by atoms with Gasteiger partial charge in [-0.3, -0.25) is 4.79 Å². The van der Waals surface area contributed by atoms with Gasteiger partial charge in [0.05, 0.1) is 6.42 Å². The van der Waals surface area contributed by atoms with Crippen LogP contribution >= 0.6 is 11.8 Å². The van der Waals surface area contributed by atoms with Crippen molar-refractivity contribution in [3.05, 3.63) is 65.5 Å². The summed E-state index contributed by atoms with van der Waals surface area (Å²) in [5.41, 5.74) is 1.58. The van der Waals surface area contributed by atoms with Crippen LogP contribution in [0.5, 0.6) is 11.5 Å². The van der Waals surface area contributed by atoms with Crippen LogP contribution in [0.25, 0.3) is 10.8 Å². The van der Waals surface area contributed by atoms with E-state index in [2.05, 4.69) is 6.92 Å². The number of rotatable bonds is 6. The van der Waals surface area contributed by atoms with E-state index in [-0.39, 0.29) is 12.2 Å². The summed E-state index contributed by atoms with van der Waals surface area (Å²) in [5, 5.41) is 10.4. The predicted octanol–water partition coefficient (Wildman–Crippen LogP) is 5.82. The Morgan fingerprint density at radius 3 is 2.62 bits per heavy atom. The Hall–Kier alpha value is -2.53. The van der Waals surface area contributed by atoms with Crippen molar-refractivity contribution in [2.45, 2.75) is 25.2 Å². The van der Waals surface area contributed by atoms with E-state index < -0.39 is 5.97 Å². The standard InChI is InChI=1S/C21H19FO3S/c1-3-26-17-6-7-19(13(2)8-17)25-20-10-14(11-21(23)24)9-15-4-5-16(22)12-18(15)20/h4-10,12H,3,11H2,1-2H3,(H,23,24). The first-order chi connectivity index (χ1) is 12.5. The number of thioether (sulfide) groups is 1. The van der Waals surface area contributed by atoms with Crippen LogP contribution < -0.4 is 4.74 Å². The van der Waals surface area contributed by atoms with Gasteiger partial charge in [-0.05, 0) is 65.6 Å². The molecule has 0 aromatic heterocycles. The number of ether oxygens (including phenoxy) is 1. The molecule has 0 aliphatic rings. The Balaban J connectivity index is 2.05. The van der Waals surface area contributed by atoms with Crippen LogP contribution in [0, 0.1) is 12.7 Å². The largest absolute Gasteiger partial charge is 0.481 e. The van der Waals surface area contributed by atoms with E-state index in [1.54, 1.807) is 30.0 Å². The molecule has 0 spiro atoms. The molecule has 0 atom stereocenters. The molecule has 26 heavy (non-hydrogen) atoms. The Labute approximate surface area is 155 Å². The van der Waals surface area contributed by atoms with Crippen molar-refractivity contribution in [1.82, 2.24) is 0 Å². The minimum atomic E-state index is -0.922. The first-order valence-electron chi connectivity index (χ1n) is 8.31. The fourth-order valence-electron chi connectivity index (χ4n) is 2.83. The lowest BCUT2D eigenvalue weighted by molar-refractivity contribution is -0.136. The molecule has 0 aliphatic heterocycles. The van der Waals surface area contributed by atoms with Crippen molar-refractivity contribution >= 4 is 28.5 Å². The number of carbonyl (C=O) groups is 1. The van der Waals surface area contributed by atoms with E-state index in [1.807, 2.05) is 25.1 Å². The van der Waals surface area contributed by atoms with Gasteiger partial charge in [-0.15, -0.1) is 11.8 Å². The van der Waals surface area contributed by atoms with Gasteiger partial charge in [0.1, 0.15) is 17.3 Å². The molecule has 0 fully saturated rings. The Morgan fingerprint density at radius 1 is 1.12 bits per heavy atom. The lowest BCUT2D eigenvalue weighted by Crippen LogP contribution is -2.01. The predicted molar refractivity (Wildman–Crippen MR) is 103 cm³/mol. The average molecular weight is 370 g/mol. The molecule has 3 aromatic carbocycles. The van der Waals surface area contributed by atoms with Gasteiger partial charge in [0.25, 0.3) is 0 Å². The van der Waals surface area contributed by atoms with E-state index in [9.17, 15) is 9.18 Å². The monoisotopic (exact) mass is 370 g/mol. The van der Waals surface area contributed by atoms with Gasteiger partial charge >= 0.3 is 5.97 Å². The van der Waals surface area contributed by atoms with E-state index in [0.717, 1.165) is 21.6 Å². The molecule has 0 bridgehead atoms. The van der Waals surface area contributed by atoms with Gasteiger partial charge in [-0.1, -0.05) is 19.1 Å². The molecule has 0 radical (unpaired) electrons. The summed E-state index contributed by atoms with van der Waals surface area (Å²) in [6.45, 7) is 4.05. The molecule has 0 saturated carbocycles. The van der Waals surface area contributed by atoms with E-state index in [0.29, 0.717) is 22.4 Å². The van der Waals surface area contributed by atoms with Crippen LogP contribution in [0.1, 0.15) is 18.1 Å². The summed E-state index contributed by atoms with van der Waals surface area (Å²) in [6, 6.07) is 13.8. The van der Waals surface area contributed by atoms with Gasteiger partial charge in [0.2, 0.25) is 0 Å². The lowest BCUT2D eigenvalue weighted by Gasteiger charge is -2.14. The fourth-order valence-corrected chi connectivity index (χ4v) is 3.59.